The molecule has 0 unspecified atom stereocenters. The molecular formula is C15H23ClN2O3S. The summed E-state index contributed by atoms with van der Waals surface area (Å²) in [6.45, 7) is 8.05. The Morgan fingerprint density at radius 3 is 2.14 bits per heavy atom. The Kier molecular flexibility index (Phi) is 6.84. The van der Waals surface area contributed by atoms with Gasteiger partial charge in [0.2, 0.25) is 15.9 Å². The Bertz CT molecular complexity index is 598. The zero-order chi connectivity index (χ0) is 16.9. The number of benzene rings is 1. The summed E-state index contributed by atoms with van der Waals surface area (Å²) in [4.78, 5) is 12.3. The van der Waals surface area contributed by atoms with Crippen molar-refractivity contribution in [3.8, 4) is 0 Å². The van der Waals surface area contributed by atoms with Crippen LogP contribution in [-0.4, -0.2) is 26.9 Å². The fraction of sp³-hybridized carbons (Fsp3) is 0.533. The molecule has 22 heavy (non-hydrogen) atoms. The molecule has 1 amide bonds. The summed E-state index contributed by atoms with van der Waals surface area (Å²) in [5, 5.41) is 3.21. The minimum Gasteiger partial charge on any atom is -0.354 e. The van der Waals surface area contributed by atoms with Gasteiger partial charge in [0.25, 0.3) is 0 Å². The second kappa shape index (κ2) is 7.94. The third-order valence-electron chi connectivity index (χ3n) is 3.04. The van der Waals surface area contributed by atoms with Crippen molar-refractivity contribution in [3.05, 3.63) is 29.3 Å². The van der Waals surface area contributed by atoms with Gasteiger partial charge in [-0.05, 0) is 36.1 Å². The minimum atomic E-state index is -3.77. The normalized spacial score (nSPS) is 13.4. The van der Waals surface area contributed by atoms with Gasteiger partial charge in [-0.1, -0.05) is 39.3 Å². The van der Waals surface area contributed by atoms with Crippen LogP contribution in [0.2, 0.25) is 5.02 Å². The van der Waals surface area contributed by atoms with E-state index in [9.17, 15) is 13.2 Å². The van der Waals surface area contributed by atoms with E-state index in [1.165, 1.54) is 24.3 Å². The van der Waals surface area contributed by atoms with Crippen LogP contribution in [-0.2, 0) is 14.8 Å². The van der Waals surface area contributed by atoms with Gasteiger partial charge < -0.3 is 5.32 Å². The molecule has 0 fully saturated rings. The number of carbonyl (C=O) groups excluding carboxylic acids is 1. The van der Waals surface area contributed by atoms with E-state index in [1.54, 1.807) is 13.8 Å². The number of hydrogen-bond donors (Lipinski definition) is 2. The summed E-state index contributed by atoms with van der Waals surface area (Å²) < 4.78 is 27.2. The van der Waals surface area contributed by atoms with Gasteiger partial charge in [0, 0.05) is 11.6 Å². The highest BCUT2D eigenvalue weighted by molar-refractivity contribution is 7.89. The molecular weight excluding hydrogens is 324 g/mol. The summed E-state index contributed by atoms with van der Waals surface area (Å²) in [6, 6.07) is 5.00. The number of carbonyl (C=O) groups is 1. The van der Waals surface area contributed by atoms with Crippen molar-refractivity contribution in [1.29, 1.82) is 0 Å². The molecule has 0 saturated carbocycles. The molecule has 5 nitrogen and oxygen atoms in total. The Morgan fingerprint density at radius 1 is 1.14 bits per heavy atom. The van der Waals surface area contributed by atoms with E-state index in [2.05, 4.69) is 10.0 Å². The van der Waals surface area contributed by atoms with Crippen LogP contribution >= 0.6 is 11.6 Å². The summed E-state index contributed by atoms with van der Waals surface area (Å²) >= 11 is 5.76. The molecule has 0 spiro atoms. The predicted molar refractivity (Wildman–Crippen MR) is 88.2 cm³/mol. The molecule has 1 rings (SSSR count). The number of rotatable bonds is 7. The summed E-state index contributed by atoms with van der Waals surface area (Å²) in [7, 11) is -3.77. The molecule has 1 atom stereocenters. The third kappa shape index (κ3) is 5.59. The lowest BCUT2D eigenvalue weighted by Crippen LogP contribution is -2.50. The first kappa shape index (κ1) is 18.9. The van der Waals surface area contributed by atoms with E-state index < -0.39 is 16.1 Å². The molecule has 0 saturated heterocycles. The summed E-state index contributed by atoms with van der Waals surface area (Å²) in [6.07, 6.45) is 0. The zero-order valence-corrected chi connectivity index (χ0v) is 14.8. The minimum absolute atomic E-state index is 0.0826. The lowest BCUT2D eigenvalue weighted by Gasteiger charge is -2.22. The number of nitrogens with one attached hydrogen (secondary N) is 2. The van der Waals surface area contributed by atoms with E-state index in [0.29, 0.717) is 17.5 Å². The highest BCUT2D eigenvalue weighted by Crippen LogP contribution is 2.15. The predicted octanol–water partition coefficient (Wildman–Crippen LogP) is 2.42. The second-order valence-electron chi connectivity index (χ2n) is 5.94. The lowest BCUT2D eigenvalue weighted by atomic mass is 10.0. The van der Waals surface area contributed by atoms with Crippen molar-refractivity contribution in [2.75, 3.05) is 6.54 Å². The Morgan fingerprint density at radius 2 is 1.68 bits per heavy atom. The molecule has 1 aromatic carbocycles. The van der Waals surface area contributed by atoms with Gasteiger partial charge in [0.15, 0.2) is 0 Å². The monoisotopic (exact) mass is 346 g/mol. The van der Waals surface area contributed by atoms with Crippen molar-refractivity contribution in [2.45, 2.75) is 38.6 Å². The molecule has 0 aliphatic rings. The van der Waals surface area contributed by atoms with Gasteiger partial charge in [-0.2, -0.15) is 4.72 Å². The van der Waals surface area contributed by atoms with Crippen molar-refractivity contribution >= 4 is 27.5 Å². The fourth-order valence-electron chi connectivity index (χ4n) is 1.76. The Labute approximate surface area is 137 Å². The summed E-state index contributed by atoms with van der Waals surface area (Å²) in [5.41, 5.74) is 0. The van der Waals surface area contributed by atoms with Crippen LogP contribution in [0.25, 0.3) is 0 Å². The van der Waals surface area contributed by atoms with Gasteiger partial charge in [-0.3, -0.25) is 4.79 Å². The SMILES string of the molecule is CC(C)CNC(=O)[C@@H](NS(=O)(=O)c1ccc(Cl)cc1)C(C)C. The van der Waals surface area contributed by atoms with Crippen LogP contribution in [0, 0.1) is 11.8 Å². The smallest absolute Gasteiger partial charge is 0.241 e. The van der Waals surface area contributed by atoms with Crippen LogP contribution in [0.15, 0.2) is 29.2 Å². The first-order valence-electron chi connectivity index (χ1n) is 7.19. The van der Waals surface area contributed by atoms with Gasteiger partial charge >= 0.3 is 0 Å². The zero-order valence-electron chi connectivity index (χ0n) is 13.3. The molecule has 0 aliphatic heterocycles. The fourth-order valence-corrected chi connectivity index (χ4v) is 3.23. The maximum atomic E-state index is 12.4. The van der Waals surface area contributed by atoms with Crippen molar-refractivity contribution < 1.29 is 13.2 Å². The molecule has 0 aromatic heterocycles. The lowest BCUT2D eigenvalue weighted by molar-refractivity contribution is -0.123. The van der Waals surface area contributed by atoms with Crippen molar-refractivity contribution in [3.63, 3.8) is 0 Å². The molecule has 0 heterocycles. The number of amides is 1. The van der Waals surface area contributed by atoms with Gasteiger partial charge in [-0.25, -0.2) is 8.42 Å². The van der Waals surface area contributed by atoms with E-state index >= 15 is 0 Å². The maximum Gasteiger partial charge on any atom is 0.241 e. The van der Waals surface area contributed by atoms with Crippen molar-refractivity contribution in [2.24, 2.45) is 11.8 Å². The number of sulfonamides is 1. The van der Waals surface area contributed by atoms with Gasteiger partial charge in [0.1, 0.15) is 6.04 Å². The van der Waals surface area contributed by atoms with E-state index in [1.807, 2.05) is 13.8 Å². The van der Waals surface area contributed by atoms with Crippen LogP contribution in [0.5, 0.6) is 0 Å². The molecule has 2 N–H and O–H groups in total. The van der Waals surface area contributed by atoms with Crippen LogP contribution in [0.1, 0.15) is 27.7 Å². The molecule has 124 valence electrons. The molecule has 0 bridgehead atoms. The molecule has 7 heteroatoms. The van der Waals surface area contributed by atoms with Crippen LogP contribution in [0.3, 0.4) is 0 Å². The topological polar surface area (TPSA) is 75.3 Å². The standard InChI is InChI=1S/C15H23ClN2O3S/c1-10(2)9-17-15(19)14(11(3)4)18-22(20,21)13-7-5-12(16)6-8-13/h5-8,10-11,14,18H,9H2,1-4H3,(H,17,19)/t14-/m0/s1. The third-order valence-corrected chi connectivity index (χ3v) is 4.75. The first-order valence-corrected chi connectivity index (χ1v) is 9.05. The van der Waals surface area contributed by atoms with Crippen molar-refractivity contribution in [1.82, 2.24) is 10.0 Å². The number of hydrogen-bond acceptors (Lipinski definition) is 3. The summed E-state index contributed by atoms with van der Waals surface area (Å²) in [5.74, 6) is -0.194. The van der Waals surface area contributed by atoms with Gasteiger partial charge in [0.05, 0.1) is 4.90 Å². The average Bonchev–Trinajstić information content (AvgIpc) is 2.42. The quantitative estimate of drug-likeness (QED) is 0.796. The van der Waals surface area contributed by atoms with E-state index in [0.717, 1.165) is 0 Å². The molecule has 0 radical (unpaired) electrons. The first-order chi connectivity index (χ1) is 10.1. The second-order valence-corrected chi connectivity index (χ2v) is 8.09. The highest BCUT2D eigenvalue weighted by Gasteiger charge is 2.28. The molecule has 0 aliphatic carbocycles. The number of halogens is 1. The molecule has 1 aromatic rings. The largest absolute Gasteiger partial charge is 0.354 e. The van der Waals surface area contributed by atoms with Crippen LogP contribution in [0.4, 0.5) is 0 Å². The average molecular weight is 347 g/mol. The van der Waals surface area contributed by atoms with Crippen LogP contribution < -0.4 is 10.0 Å². The van der Waals surface area contributed by atoms with E-state index in [4.69, 9.17) is 11.6 Å². The van der Waals surface area contributed by atoms with Gasteiger partial charge in [-0.15, -0.1) is 0 Å². The Hall–Kier alpha value is -1.11. The Balaban J connectivity index is 2.90. The highest BCUT2D eigenvalue weighted by atomic mass is 35.5. The van der Waals surface area contributed by atoms with E-state index in [-0.39, 0.29) is 16.7 Å². The maximum absolute atomic E-state index is 12.4.